The number of benzene rings is 1. The van der Waals surface area contributed by atoms with E-state index in [2.05, 4.69) is 5.32 Å². The van der Waals surface area contributed by atoms with Crippen LogP contribution >= 0.6 is 0 Å². The third-order valence-electron chi connectivity index (χ3n) is 4.34. The van der Waals surface area contributed by atoms with Gasteiger partial charge >= 0.3 is 0 Å². The molecule has 1 aliphatic carbocycles. The number of piperazine rings is 1. The summed E-state index contributed by atoms with van der Waals surface area (Å²) in [5.74, 6) is -0.0210. The standard InChI is InChI=1S/C16H23N3O3S/c20-16(17-12-14-4-2-1-3-5-14)13-18-8-10-19(11-9-18)23(21,22)15-6-7-15/h1-5,15H,6-13H2,(H,17,20). The Balaban J connectivity index is 1.41. The first-order valence-electron chi connectivity index (χ1n) is 8.07. The summed E-state index contributed by atoms with van der Waals surface area (Å²) in [6.45, 7) is 3.06. The fraction of sp³-hybridized carbons (Fsp3) is 0.562. The second-order valence-electron chi connectivity index (χ2n) is 6.18. The van der Waals surface area contributed by atoms with E-state index in [9.17, 15) is 13.2 Å². The SMILES string of the molecule is O=C(CN1CCN(S(=O)(=O)C2CC2)CC1)NCc1ccccc1. The van der Waals surface area contributed by atoms with Gasteiger partial charge in [0, 0.05) is 32.7 Å². The van der Waals surface area contributed by atoms with E-state index < -0.39 is 10.0 Å². The molecule has 23 heavy (non-hydrogen) atoms. The summed E-state index contributed by atoms with van der Waals surface area (Å²) in [5, 5.41) is 2.75. The summed E-state index contributed by atoms with van der Waals surface area (Å²) < 4.78 is 25.9. The molecule has 0 atom stereocenters. The van der Waals surface area contributed by atoms with Gasteiger partial charge in [-0.1, -0.05) is 30.3 Å². The number of nitrogens with zero attached hydrogens (tertiary/aromatic N) is 2. The Morgan fingerprint density at radius 2 is 1.74 bits per heavy atom. The molecular formula is C16H23N3O3S. The lowest BCUT2D eigenvalue weighted by molar-refractivity contribution is -0.122. The Kier molecular flexibility index (Phi) is 4.99. The molecule has 126 valence electrons. The van der Waals surface area contributed by atoms with Crippen molar-refractivity contribution in [3.05, 3.63) is 35.9 Å². The van der Waals surface area contributed by atoms with Crippen LogP contribution in [0.3, 0.4) is 0 Å². The maximum Gasteiger partial charge on any atom is 0.234 e. The fourth-order valence-electron chi connectivity index (χ4n) is 2.77. The van der Waals surface area contributed by atoms with Crippen LogP contribution in [0.4, 0.5) is 0 Å². The summed E-state index contributed by atoms with van der Waals surface area (Å²) in [4.78, 5) is 14.0. The molecule has 0 aromatic heterocycles. The topological polar surface area (TPSA) is 69.7 Å². The Morgan fingerprint density at radius 1 is 1.09 bits per heavy atom. The van der Waals surface area contributed by atoms with Gasteiger partial charge in [-0.25, -0.2) is 8.42 Å². The molecule has 0 radical (unpaired) electrons. The number of carbonyl (C=O) groups is 1. The molecule has 1 aliphatic heterocycles. The Morgan fingerprint density at radius 3 is 2.35 bits per heavy atom. The van der Waals surface area contributed by atoms with E-state index in [1.165, 1.54) is 0 Å². The minimum absolute atomic E-state index is 0.0210. The summed E-state index contributed by atoms with van der Waals surface area (Å²) in [7, 11) is -3.08. The zero-order chi connectivity index (χ0) is 16.3. The first-order valence-corrected chi connectivity index (χ1v) is 9.58. The molecule has 1 aromatic rings. The second-order valence-corrected chi connectivity index (χ2v) is 8.39. The number of carbonyl (C=O) groups excluding carboxylic acids is 1. The zero-order valence-electron chi connectivity index (χ0n) is 13.1. The van der Waals surface area contributed by atoms with Gasteiger partial charge in [0.25, 0.3) is 0 Å². The van der Waals surface area contributed by atoms with Gasteiger partial charge in [-0.05, 0) is 18.4 Å². The molecule has 0 unspecified atom stereocenters. The fourth-order valence-corrected chi connectivity index (χ4v) is 4.60. The van der Waals surface area contributed by atoms with E-state index in [-0.39, 0.29) is 11.2 Å². The zero-order valence-corrected chi connectivity index (χ0v) is 14.0. The molecule has 1 N–H and O–H groups in total. The molecular weight excluding hydrogens is 314 g/mol. The average Bonchev–Trinajstić information content (AvgIpc) is 3.40. The molecule has 0 spiro atoms. The van der Waals surface area contributed by atoms with Crippen molar-refractivity contribution in [2.75, 3.05) is 32.7 Å². The molecule has 7 heteroatoms. The lowest BCUT2D eigenvalue weighted by Crippen LogP contribution is -2.51. The normalized spacial score (nSPS) is 20.3. The van der Waals surface area contributed by atoms with Crippen LogP contribution in [0.2, 0.25) is 0 Å². The van der Waals surface area contributed by atoms with Gasteiger partial charge < -0.3 is 5.32 Å². The van der Waals surface area contributed by atoms with Crippen molar-refractivity contribution >= 4 is 15.9 Å². The summed E-state index contributed by atoms with van der Waals surface area (Å²) in [5.41, 5.74) is 1.07. The number of rotatable bonds is 6. The van der Waals surface area contributed by atoms with Crippen LogP contribution in [0.15, 0.2) is 30.3 Å². The molecule has 1 saturated carbocycles. The van der Waals surface area contributed by atoms with E-state index in [1.807, 2.05) is 35.2 Å². The molecule has 6 nitrogen and oxygen atoms in total. The van der Waals surface area contributed by atoms with Crippen molar-refractivity contribution in [2.24, 2.45) is 0 Å². The number of amides is 1. The second kappa shape index (κ2) is 6.98. The van der Waals surface area contributed by atoms with Gasteiger partial charge in [0.2, 0.25) is 15.9 Å². The number of nitrogens with one attached hydrogen (secondary N) is 1. The minimum atomic E-state index is -3.08. The third-order valence-corrected chi connectivity index (χ3v) is 6.74. The Hall–Kier alpha value is -1.44. The van der Waals surface area contributed by atoms with Crippen LogP contribution in [-0.2, 0) is 21.4 Å². The summed E-state index contributed by atoms with van der Waals surface area (Å²) >= 11 is 0. The van der Waals surface area contributed by atoms with Crippen LogP contribution < -0.4 is 5.32 Å². The van der Waals surface area contributed by atoms with Crippen LogP contribution in [0.5, 0.6) is 0 Å². The number of sulfonamides is 1. The van der Waals surface area contributed by atoms with Crippen LogP contribution in [-0.4, -0.2) is 61.5 Å². The number of hydrogen-bond donors (Lipinski definition) is 1. The smallest absolute Gasteiger partial charge is 0.234 e. The first kappa shape index (κ1) is 16.4. The highest BCUT2D eigenvalue weighted by Gasteiger charge is 2.40. The molecule has 3 rings (SSSR count). The van der Waals surface area contributed by atoms with Gasteiger partial charge in [0.1, 0.15) is 0 Å². The minimum Gasteiger partial charge on any atom is -0.351 e. The molecule has 2 fully saturated rings. The van der Waals surface area contributed by atoms with E-state index in [4.69, 9.17) is 0 Å². The third kappa shape index (κ3) is 4.31. The van der Waals surface area contributed by atoms with E-state index >= 15 is 0 Å². The van der Waals surface area contributed by atoms with Crippen LogP contribution in [0.25, 0.3) is 0 Å². The average molecular weight is 337 g/mol. The summed E-state index contributed by atoms with van der Waals surface area (Å²) in [6.07, 6.45) is 1.59. The van der Waals surface area contributed by atoms with Gasteiger partial charge in [-0.3, -0.25) is 9.69 Å². The van der Waals surface area contributed by atoms with Crippen molar-refractivity contribution in [3.63, 3.8) is 0 Å². The lowest BCUT2D eigenvalue weighted by Gasteiger charge is -2.33. The molecule has 1 amide bonds. The van der Waals surface area contributed by atoms with Gasteiger partial charge in [-0.15, -0.1) is 0 Å². The molecule has 1 aromatic carbocycles. The largest absolute Gasteiger partial charge is 0.351 e. The van der Waals surface area contributed by atoms with E-state index in [0.717, 1.165) is 18.4 Å². The lowest BCUT2D eigenvalue weighted by atomic mass is 10.2. The van der Waals surface area contributed by atoms with E-state index in [0.29, 0.717) is 39.3 Å². The first-order chi connectivity index (χ1) is 11.1. The Bertz CT molecular complexity index is 636. The molecule has 1 heterocycles. The van der Waals surface area contributed by atoms with Crippen molar-refractivity contribution in [1.82, 2.24) is 14.5 Å². The highest BCUT2D eigenvalue weighted by molar-refractivity contribution is 7.90. The molecule has 1 saturated heterocycles. The highest BCUT2D eigenvalue weighted by atomic mass is 32.2. The van der Waals surface area contributed by atoms with Crippen LogP contribution in [0, 0.1) is 0 Å². The van der Waals surface area contributed by atoms with Gasteiger partial charge in [0.05, 0.1) is 11.8 Å². The predicted molar refractivity (Wildman–Crippen MR) is 88.2 cm³/mol. The van der Waals surface area contributed by atoms with Gasteiger partial charge in [0.15, 0.2) is 0 Å². The monoisotopic (exact) mass is 337 g/mol. The molecule has 0 bridgehead atoms. The van der Waals surface area contributed by atoms with E-state index in [1.54, 1.807) is 4.31 Å². The Labute approximate surface area is 137 Å². The predicted octanol–water partition coefficient (Wildman–Crippen LogP) is 0.413. The number of hydrogen-bond acceptors (Lipinski definition) is 4. The molecule has 2 aliphatic rings. The van der Waals surface area contributed by atoms with Crippen molar-refractivity contribution < 1.29 is 13.2 Å². The maximum atomic E-state index is 12.2. The van der Waals surface area contributed by atoms with Crippen molar-refractivity contribution in [2.45, 2.75) is 24.6 Å². The van der Waals surface area contributed by atoms with Gasteiger partial charge in [-0.2, -0.15) is 4.31 Å². The maximum absolute atomic E-state index is 12.2. The van der Waals surface area contributed by atoms with Crippen LogP contribution in [0.1, 0.15) is 18.4 Å². The van der Waals surface area contributed by atoms with Crippen molar-refractivity contribution in [3.8, 4) is 0 Å². The van der Waals surface area contributed by atoms with Crippen molar-refractivity contribution in [1.29, 1.82) is 0 Å². The summed E-state index contributed by atoms with van der Waals surface area (Å²) in [6, 6.07) is 9.78. The quantitative estimate of drug-likeness (QED) is 0.816. The highest BCUT2D eigenvalue weighted by Crippen LogP contribution is 2.31.